The fraction of sp³-hybridized carbons (Fsp3) is 0.300. The van der Waals surface area contributed by atoms with E-state index in [1.165, 1.54) is 0 Å². The summed E-state index contributed by atoms with van der Waals surface area (Å²) in [4.78, 5) is 0. The molecule has 0 aliphatic rings. The van der Waals surface area contributed by atoms with Crippen LogP contribution >= 0.6 is 0 Å². The Morgan fingerprint density at radius 2 is 2.19 bits per heavy atom. The lowest BCUT2D eigenvalue weighted by molar-refractivity contribution is -0.141. The number of aromatic nitrogens is 2. The van der Waals surface area contributed by atoms with E-state index in [0.29, 0.717) is 12.1 Å². The molecule has 0 atom stereocenters. The molecule has 1 aromatic heterocycles. The maximum absolute atomic E-state index is 12.2. The average Bonchev–Trinajstić information content (AvgIpc) is 2.65. The third-order valence-corrected chi connectivity index (χ3v) is 1.77. The molecule has 1 aromatic rings. The highest BCUT2D eigenvalue weighted by Gasteiger charge is 2.33. The highest BCUT2D eigenvalue weighted by Crippen LogP contribution is 2.27. The maximum atomic E-state index is 12.2. The average molecular weight is 231 g/mol. The number of hydrogen-bond acceptors (Lipinski definition) is 2. The molecular formula is C10H12F3N3. The molecule has 0 saturated carbocycles. The molecule has 0 saturated heterocycles. The fourth-order valence-electron chi connectivity index (χ4n) is 1.04. The van der Waals surface area contributed by atoms with Crippen LogP contribution in [0.3, 0.4) is 0 Å². The van der Waals surface area contributed by atoms with Crippen LogP contribution < -0.4 is 5.32 Å². The molecule has 1 heterocycles. The van der Waals surface area contributed by atoms with E-state index in [9.17, 15) is 13.2 Å². The Bertz CT molecular complexity index is 377. The predicted octanol–water partition coefficient (Wildman–Crippen LogP) is 2.26. The van der Waals surface area contributed by atoms with Gasteiger partial charge in [-0.15, -0.1) is 0 Å². The van der Waals surface area contributed by atoms with Crippen LogP contribution in [0, 0.1) is 0 Å². The number of hydrogen-bond donors (Lipinski definition) is 2. The first-order valence-electron chi connectivity index (χ1n) is 4.64. The molecule has 0 aliphatic carbocycles. The second-order valence-corrected chi connectivity index (χ2v) is 3.06. The van der Waals surface area contributed by atoms with Gasteiger partial charge in [-0.05, 0) is 18.3 Å². The summed E-state index contributed by atoms with van der Waals surface area (Å²) in [6.07, 6.45) is 2.94. The highest BCUT2D eigenvalue weighted by molar-refractivity contribution is 5.15. The molecule has 16 heavy (non-hydrogen) atoms. The summed E-state index contributed by atoms with van der Waals surface area (Å²) in [7, 11) is 1.76. The smallest absolute Gasteiger partial charge is 0.394 e. The summed E-state index contributed by atoms with van der Waals surface area (Å²) in [6, 6.07) is 1.01. The SMILES string of the molecule is CN/C=C\C=C/Cc1cc(C(F)(F)F)n[nH]1. The summed E-state index contributed by atoms with van der Waals surface area (Å²) in [5, 5.41) is 8.32. The molecule has 0 bridgehead atoms. The quantitative estimate of drug-likeness (QED) is 0.780. The van der Waals surface area contributed by atoms with E-state index in [0.717, 1.165) is 6.07 Å². The maximum Gasteiger partial charge on any atom is 0.435 e. The Kier molecular flexibility index (Phi) is 4.16. The van der Waals surface area contributed by atoms with Gasteiger partial charge in [0.2, 0.25) is 0 Å². The molecule has 0 aromatic carbocycles. The Labute approximate surface area is 91.1 Å². The number of H-pyrrole nitrogens is 1. The third-order valence-electron chi connectivity index (χ3n) is 1.77. The minimum absolute atomic E-state index is 0.386. The molecule has 2 N–H and O–H groups in total. The van der Waals surface area contributed by atoms with Gasteiger partial charge in [-0.1, -0.05) is 12.2 Å². The van der Waals surface area contributed by atoms with Crippen molar-refractivity contribution in [2.75, 3.05) is 7.05 Å². The molecular weight excluding hydrogens is 219 g/mol. The van der Waals surface area contributed by atoms with Crippen molar-refractivity contribution in [1.82, 2.24) is 15.5 Å². The summed E-state index contributed by atoms with van der Waals surface area (Å²) < 4.78 is 36.5. The summed E-state index contributed by atoms with van der Waals surface area (Å²) in [5.41, 5.74) is -0.455. The summed E-state index contributed by atoms with van der Waals surface area (Å²) in [5.74, 6) is 0. The van der Waals surface area contributed by atoms with Crippen molar-refractivity contribution in [3.8, 4) is 0 Å². The number of aromatic amines is 1. The second kappa shape index (κ2) is 5.39. The third kappa shape index (κ3) is 3.80. The number of rotatable bonds is 4. The van der Waals surface area contributed by atoms with Gasteiger partial charge in [0, 0.05) is 19.2 Å². The van der Waals surface area contributed by atoms with Gasteiger partial charge in [0.1, 0.15) is 0 Å². The molecule has 88 valence electrons. The molecule has 0 spiro atoms. The normalized spacial score (nSPS) is 12.8. The second-order valence-electron chi connectivity index (χ2n) is 3.06. The number of halogens is 3. The fourth-order valence-corrected chi connectivity index (χ4v) is 1.04. The van der Waals surface area contributed by atoms with E-state index in [-0.39, 0.29) is 0 Å². The minimum atomic E-state index is -4.38. The van der Waals surface area contributed by atoms with Gasteiger partial charge < -0.3 is 5.32 Å². The lowest BCUT2D eigenvalue weighted by atomic mass is 10.2. The molecule has 0 unspecified atom stereocenters. The van der Waals surface area contributed by atoms with Crippen LogP contribution in [0.1, 0.15) is 11.4 Å². The lowest BCUT2D eigenvalue weighted by Crippen LogP contribution is -2.04. The number of nitrogens with one attached hydrogen (secondary N) is 2. The van der Waals surface area contributed by atoms with Crippen LogP contribution in [0.25, 0.3) is 0 Å². The molecule has 1 rings (SSSR count). The van der Waals surface area contributed by atoms with Crippen molar-refractivity contribution in [1.29, 1.82) is 0 Å². The van der Waals surface area contributed by atoms with Gasteiger partial charge in [-0.3, -0.25) is 5.10 Å². The van der Waals surface area contributed by atoms with Crippen molar-refractivity contribution >= 4 is 0 Å². The van der Waals surface area contributed by atoms with Crippen molar-refractivity contribution in [2.24, 2.45) is 0 Å². The number of allylic oxidation sites excluding steroid dienone is 3. The molecule has 0 fully saturated rings. The minimum Gasteiger partial charge on any atom is -0.394 e. The van der Waals surface area contributed by atoms with E-state index < -0.39 is 11.9 Å². The Morgan fingerprint density at radius 1 is 1.44 bits per heavy atom. The van der Waals surface area contributed by atoms with Gasteiger partial charge in [-0.2, -0.15) is 18.3 Å². The number of alkyl halides is 3. The molecule has 6 heteroatoms. The zero-order chi connectivity index (χ0) is 12.0. The van der Waals surface area contributed by atoms with Crippen LogP contribution in [-0.2, 0) is 12.6 Å². The van der Waals surface area contributed by atoms with Gasteiger partial charge >= 0.3 is 6.18 Å². The molecule has 3 nitrogen and oxygen atoms in total. The largest absolute Gasteiger partial charge is 0.435 e. The van der Waals surface area contributed by atoms with E-state index in [1.54, 1.807) is 31.5 Å². The van der Waals surface area contributed by atoms with E-state index >= 15 is 0 Å². The predicted molar refractivity (Wildman–Crippen MR) is 54.6 cm³/mol. The van der Waals surface area contributed by atoms with Gasteiger partial charge in [0.05, 0.1) is 0 Å². The Hall–Kier alpha value is -1.72. The summed E-state index contributed by atoms with van der Waals surface area (Å²) in [6.45, 7) is 0. The van der Waals surface area contributed by atoms with E-state index in [2.05, 4.69) is 15.5 Å². The van der Waals surface area contributed by atoms with Gasteiger partial charge in [0.25, 0.3) is 0 Å². The van der Waals surface area contributed by atoms with Crippen molar-refractivity contribution < 1.29 is 13.2 Å². The standard InChI is InChI=1S/C10H12F3N3/c1-14-6-4-2-3-5-8-7-9(16-15-8)10(11,12)13/h2-4,6-7,14H,5H2,1H3,(H,15,16)/b3-2-,6-4-. The van der Waals surface area contributed by atoms with E-state index in [1.807, 2.05) is 0 Å². The van der Waals surface area contributed by atoms with Crippen LogP contribution in [0.4, 0.5) is 13.2 Å². The lowest BCUT2D eigenvalue weighted by Gasteiger charge is -1.98. The molecule has 0 aliphatic heterocycles. The van der Waals surface area contributed by atoms with Gasteiger partial charge in [0.15, 0.2) is 5.69 Å². The van der Waals surface area contributed by atoms with Crippen LogP contribution in [0.15, 0.2) is 30.5 Å². The van der Waals surface area contributed by atoms with Crippen molar-refractivity contribution in [3.05, 3.63) is 41.9 Å². The topological polar surface area (TPSA) is 40.7 Å². The molecule has 0 amide bonds. The first-order valence-corrected chi connectivity index (χ1v) is 4.64. The van der Waals surface area contributed by atoms with Crippen molar-refractivity contribution in [3.63, 3.8) is 0 Å². The van der Waals surface area contributed by atoms with Crippen LogP contribution in [0.2, 0.25) is 0 Å². The van der Waals surface area contributed by atoms with Crippen molar-refractivity contribution in [2.45, 2.75) is 12.6 Å². The first kappa shape index (κ1) is 12.4. The molecule has 0 radical (unpaired) electrons. The van der Waals surface area contributed by atoms with Crippen LogP contribution in [0.5, 0.6) is 0 Å². The summed E-state index contributed by atoms with van der Waals surface area (Å²) >= 11 is 0. The monoisotopic (exact) mass is 231 g/mol. The number of nitrogens with zero attached hydrogens (tertiary/aromatic N) is 1. The van der Waals surface area contributed by atoms with Crippen LogP contribution in [-0.4, -0.2) is 17.2 Å². The van der Waals surface area contributed by atoms with Gasteiger partial charge in [-0.25, -0.2) is 0 Å². The first-order chi connectivity index (χ1) is 7.54. The Morgan fingerprint density at radius 3 is 2.75 bits per heavy atom. The van der Waals surface area contributed by atoms with E-state index in [4.69, 9.17) is 0 Å². The highest BCUT2D eigenvalue weighted by atomic mass is 19.4. The Balaban J connectivity index is 2.53. The zero-order valence-electron chi connectivity index (χ0n) is 8.67. The zero-order valence-corrected chi connectivity index (χ0v) is 8.67.